The smallest absolute Gasteiger partial charge is 0.379 e. The second-order valence-corrected chi connectivity index (χ2v) is 8.20. The summed E-state index contributed by atoms with van der Waals surface area (Å²) in [6.45, 7) is 4.52. The van der Waals surface area contributed by atoms with Gasteiger partial charge in [0.25, 0.3) is 0 Å². The van der Waals surface area contributed by atoms with E-state index in [0.717, 1.165) is 17.0 Å². The number of morpholine rings is 1. The van der Waals surface area contributed by atoms with Crippen LogP contribution in [0.1, 0.15) is 16.0 Å². The van der Waals surface area contributed by atoms with E-state index in [1.165, 1.54) is 17.4 Å². The number of aromatic nitrogens is 1. The molecular formula is C20H21F3N6OS. The van der Waals surface area contributed by atoms with Crippen LogP contribution in [0, 0.1) is 6.92 Å². The maximum Gasteiger partial charge on any atom is 0.416 e. The molecule has 0 aliphatic carbocycles. The fourth-order valence-electron chi connectivity index (χ4n) is 3.08. The number of nitrogens with one attached hydrogen (secondary N) is 2. The number of benzene rings is 1. The Morgan fingerprint density at radius 1 is 1.23 bits per heavy atom. The minimum Gasteiger partial charge on any atom is -0.379 e. The van der Waals surface area contributed by atoms with Crippen molar-refractivity contribution in [3.05, 3.63) is 52.5 Å². The average Bonchev–Trinajstić information content (AvgIpc) is 3.17. The first-order valence-corrected chi connectivity index (χ1v) is 10.5. The van der Waals surface area contributed by atoms with Crippen molar-refractivity contribution in [1.29, 1.82) is 0 Å². The normalized spacial score (nSPS) is 20.3. The number of hydrogen-bond donors (Lipinski definition) is 2. The molecule has 0 bridgehead atoms. The Balaban J connectivity index is 1.55. The summed E-state index contributed by atoms with van der Waals surface area (Å²) in [7, 11) is 0. The van der Waals surface area contributed by atoms with Crippen LogP contribution in [-0.4, -0.2) is 54.3 Å². The standard InChI is InChI=1S/C20H21F3N6OS/c1-13-12-24-19(31-13)28-17-25-16(26-18(27-17)29-7-9-30-10-8-29)6-5-14-3-2-4-15(11-14)20(21,22)23/h2-6,11-12,18H,7-10H2,1H3,(H2,24,25,26,27,28)/b6-5+. The van der Waals surface area contributed by atoms with E-state index >= 15 is 0 Å². The number of nitrogens with zero attached hydrogens (tertiary/aromatic N) is 4. The number of amidine groups is 1. The second-order valence-electron chi connectivity index (χ2n) is 6.97. The Labute approximate surface area is 181 Å². The average molecular weight is 450 g/mol. The molecule has 2 N–H and O–H groups in total. The molecule has 1 unspecified atom stereocenters. The van der Waals surface area contributed by atoms with Crippen LogP contribution in [0.5, 0.6) is 0 Å². The summed E-state index contributed by atoms with van der Waals surface area (Å²) in [5, 5.41) is 6.92. The van der Waals surface area contributed by atoms with Gasteiger partial charge >= 0.3 is 6.18 Å². The number of rotatable bonds is 4. The minimum absolute atomic E-state index is 0.426. The van der Waals surface area contributed by atoms with E-state index in [4.69, 9.17) is 4.74 Å². The molecule has 7 nitrogen and oxygen atoms in total. The molecule has 164 valence electrons. The molecule has 1 saturated heterocycles. The molecular weight excluding hydrogens is 429 g/mol. The van der Waals surface area contributed by atoms with Gasteiger partial charge in [0, 0.05) is 24.2 Å². The molecule has 1 fully saturated rings. The Morgan fingerprint density at radius 3 is 2.74 bits per heavy atom. The van der Waals surface area contributed by atoms with Crippen LogP contribution >= 0.6 is 11.3 Å². The van der Waals surface area contributed by atoms with Crippen molar-refractivity contribution in [3.63, 3.8) is 0 Å². The van der Waals surface area contributed by atoms with Crippen molar-refractivity contribution in [2.75, 3.05) is 31.6 Å². The number of thiazole rings is 1. The SMILES string of the molecule is Cc1cnc(NC2=NC(N3CCOCC3)N=C(/C=C/c3cccc(C(F)(F)F)c3)N2)s1. The molecule has 11 heteroatoms. The summed E-state index contributed by atoms with van der Waals surface area (Å²) >= 11 is 1.49. The highest BCUT2D eigenvalue weighted by molar-refractivity contribution is 7.15. The molecule has 2 aromatic rings. The van der Waals surface area contributed by atoms with E-state index in [1.807, 2.05) is 6.92 Å². The predicted molar refractivity (Wildman–Crippen MR) is 115 cm³/mol. The lowest BCUT2D eigenvalue weighted by Crippen LogP contribution is -2.48. The Kier molecular flexibility index (Phi) is 6.35. The van der Waals surface area contributed by atoms with Gasteiger partial charge in [-0.2, -0.15) is 13.2 Å². The van der Waals surface area contributed by atoms with Crippen molar-refractivity contribution < 1.29 is 17.9 Å². The van der Waals surface area contributed by atoms with Crippen molar-refractivity contribution in [3.8, 4) is 0 Å². The van der Waals surface area contributed by atoms with Gasteiger partial charge in [0.05, 0.1) is 18.8 Å². The summed E-state index contributed by atoms with van der Waals surface area (Å²) in [5.74, 6) is 0.962. The molecule has 0 radical (unpaired) electrons. The lowest BCUT2D eigenvalue weighted by molar-refractivity contribution is -0.137. The fraction of sp³-hybridized carbons (Fsp3) is 0.350. The molecule has 0 spiro atoms. The number of halogens is 3. The zero-order valence-corrected chi connectivity index (χ0v) is 17.5. The highest BCUT2D eigenvalue weighted by Crippen LogP contribution is 2.29. The summed E-state index contributed by atoms with van der Waals surface area (Å²) in [4.78, 5) is 16.7. The van der Waals surface area contributed by atoms with Crippen LogP contribution in [0.2, 0.25) is 0 Å². The van der Waals surface area contributed by atoms with Crippen LogP contribution in [0.4, 0.5) is 18.3 Å². The van der Waals surface area contributed by atoms with Crippen molar-refractivity contribution >= 4 is 34.3 Å². The summed E-state index contributed by atoms with van der Waals surface area (Å²) in [6, 6.07) is 5.15. The van der Waals surface area contributed by atoms with Gasteiger partial charge in [-0.1, -0.05) is 18.2 Å². The molecule has 1 atom stereocenters. The van der Waals surface area contributed by atoms with E-state index < -0.39 is 18.0 Å². The minimum atomic E-state index is -4.39. The molecule has 2 aliphatic rings. The topological polar surface area (TPSA) is 74.1 Å². The van der Waals surface area contributed by atoms with Gasteiger partial charge in [-0.05, 0) is 30.7 Å². The summed E-state index contributed by atoms with van der Waals surface area (Å²) < 4.78 is 44.3. The van der Waals surface area contributed by atoms with Crippen LogP contribution < -0.4 is 10.6 Å². The quantitative estimate of drug-likeness (QED) is 0.745. The van der Waals surface area contributed by atoms with Gasteiger partial charge in [0.1, 0.15) is 5.84 Å². The van der Waals surface area contributed by atoms with Crippen molar-refractivity contribution in [2.45, 2.75) is 19.4 Å². The van der Waals surface area contributed by atoms with Gasteiger partial charge in [-0.15, -0.1) is 11.3 Å². The van der Waals surface area contributed by atoms with E-state index in [0.29, 0.717) is 48.8 Å². The Morgan fingerprint density at radius 2 is 2.03 bits per heavy atom. The molecule has 2 aliphatic heterocycles. The van der Waals surface area contributed by atoms with E-state index in [2.05, 4.69) is 30.5 Å². The fourth-order valence-corrected chi connectivity index (χ4v) is 3.75. The maximum atomic E-state index is 13.0. The monoisotopic (exact) mass is 450 g/mol. The number of aryl methyl sites for hydroxylation is 1. The van der Waals surface area contributed by atoms with Crippen LogP contribution in [0.25, 0.3) is 6.08 Å². The number of anilines is 1. The molecule has 0 amide bonds. The number of aliphatic imine (C=N–C) groups is 2. The van der Waals surface area contributed by atoms with E-state index in [1.54, 1.807) is 24.4 Å². The number of guanidine groups is 1. The highest BCUT2D eigenvalue weighted by Gasteiger charge is 2.30. The third-order valence-corrected chi connectivity index (χ3v) is 5.44. The molecule has 3 heterocycles. The third kappa shape index (κ3) is 5.69. The van der Waals surface area contributed by atoms with E-state index in [9.17, 15) is 13.2 Å². The first-order valence-electron chi connectivity index (χ1n) is 9.66. The van der Waals surface area contributed by atoms with Gasteiger partial charge in [-0.25, -0.2) is 15.0 Å². The zero-order valence-electron chi connectivity index (χ0n) is 16.7. The van der Waals surface area contributed by atoms with Gasteiger partial charge < -0.3 is 15.4 Å². The maximum absolute atomic E-state index is 13.0. The summed E-state index contributed by atoms with van der Waals surface area (Å²) in [6.07, 6.45) is 0.148. The second kappa shape index (κ2) is 9.16. The predicted octanol–water partition coefficient (Wildman–Crippen LogP) is 3.57. The first-order chi connectivity index (χ1) is 14.9. The number of hydrogen-bond acceptors (Lipinski definition) is 8. The van der Waals surface area contributed by atoms with Crippen LogP contribution in [0.15, 0.2) is 46.5 Å². The summed E-state index contributed by atoms with van der Waals surface area (Å²) in [5.41, 5.74) is -0.266. The van der Waals surface area contributed by atoms with Gasteiger partial charge in [-0.3, -0.25) is 4.90 Å². The highest BCUT2D eigenvalue weighted by atomic mass is 32.1. The van der Waals surface area contributed by atoms with Crippen molar-refractivity contribution in [1.82, 2.24) is 15.2 Å². The molecule has 31 heavy (non-hydrogen) atoms. The lowest BCUT2D eigenvalue weighted by Gasteiger charge is -2.32. The molecule has 1 aromatic heterocycles. The zero-order chi connectivity index (χ0) is 21.8. The van der Waals surface area contributed by atoms with Gasteiger partial charge in [0.2, 0.25) is 12.2 Å². The van der Waals surface area contributed by atoms with Gasteiger partial charge in [0.15, 0.2) is 5.13 Å². The first kappa shape index (κ1) is 21.5. The third-order valence-electron chi connectivity index (χ3n) is 4.61. The van der Waals surface area contributed by atoms with Crippen LogP contribution in [-0.2, 0) is 10.9 Å². The Hall–Kier alpha value is -2.76. The molecule has 0 saturated carbocycles. The Bertz CT molecular complexity index is 1010. The van der Waals surface area contributed by atoms with E-state index in [-0.39, 0.29) is 0 Å². The largest absolute Gasteiger partial charge is 0.416 e. The lowest BCUT2D eigenvalue weighted by atomic mass is 10.1. The number of ether oxygens (including phenoxy) is 1. The van der Waals surface area contributed by atoms with Crippen LogP contribution in [0.3, 0.4) is 0 Å². The molecule has 1 aromatic carbocycles. The van der Waals surface area contributed by atoms with Crippen molar-refractivity contribution in [2.24, 2.45) is 9.98 Å². The molecule has 4 rings (SSSR count). The number of alkyl halides is 3.